The predicted octanol–water partition coefficient (Wildman–Crippen LogP) is 10.6. The van der Waals surface area contributed by atoms with Gasteiger partial charge in [-0.25, -0.2) is 4.85 Å². The van der Waals surface area contributed by atoms with Gasteiger partial charge in [0.2, 0.25) is 0 Å². The molecule has 0 saturated carbocycles. The van der Waals surface area contributed by atoms with E-state index in [-0.39, 0.29) is 5.41 Å². The van der Waals surface area contributed by atoms with Crippen LogP contribution in [-0.4, -0.2) is 9.13 Å². The lowest BCUT2D eigenvalue weighted by Crippen LogP contribution is -2.14. The summed E-state index contributed by atoms with van der Waals surface area (Å²) in [5.74, 6) is 0. The summed E-state index contributed by atoms with van der Waals surface area (Å²) in [6.07, 6.45) is 0. The maximum Gasteiger partial charge on any atom is 0.191 e. The van der Waals surface area contributed by atoms with Crippen molar-refractivity contribution in [2.75, 3.05) is 0 Å². The van der Waals surface area contributed by atoms with Crippen molar-refractivity contribution in [1.82, 2.24) is 9.13 Å². The summed E-state index contributed by atoms with van der Waals surface area (Å²) in [4.78, 5) is 3.95. The molecule has 2 aromatic heterocycles. The maximum absolute atomic E-state index is 9.62. The molecule has 0 radical (unpaired) electrons. The van der Waals surface area contributed by atoms with Crippen molar-refractivity contribution in [3.63, 3.8) is 0 Å². The number of benzene rings is 6. The van der Waals surface area contributed by atoms with Gasteiger partial charge in [-0.3, -0.25) is 0 Å². The molecule has 2 heterocycles. The van der Waals surface area contributed by atoms with E-state index >= 15 is 0 Å². The second-order valence-electron chi connectivity index (χ2n) is 12.5. The third-order valence-electron chi connectivity index (χ3n) is 9.71. The lowest BCUT2D eigenvalue weighted by molar-refractivity contribution is 0.661. The minimum Gasteiger partial charge on any atom is -0.310 e. The number of nitrogens with zero attached hydrogens (tertiary/aromatic N) is 4. The van der Waals surface area contributed by atoms with Gasteiger partial charge < -0.3 is 9.13 Å². The van der Waals surface area contributed by atoms with Crippen molar-refractivity contribution < 1.29 is 0 Å². The number of hydrogen-bond acceptors (Lipinski definition) is 1. The van der Waals surface area contributed by atoms with Crippen molar-refractivity contribution in [1.29, 1.82) is 5.26 Å². The Morgan fingerprint density at radius 3 is 1.87 bits per heavy atom. The van der Waals surface area contributed by atoms with Gasteiger partial charge in [-0.1, -0.05) is 74.5 Å². The van der Waals surface area contributed by atoms with Gasteiger partial charge >= 0.3 is 0 Å². The summed E-state index contributed by atoms with van der Waals surface area (Å²) in [6, 6.07) is 44.6. The molecule has 8 aromatic rings. The van der Waals surface area contributed by atoms with Crippen molar-refractivity contribution in [2.45, 2.75) is 19.3 Å². The highest BCUT2D eigenvalue weighted by atomic mass is 15.0. The zero-order valence-electron chi connectivity index (χ0n) is 24.8. The zero-order valence-corrected chi connectivity index (χ0v) is 24.8. The Balaban J connectivity index is 1.37. The van der Waals surface area contributed by atoms with E-state index in [4.69, 9.17) is 6.57 Å². The topological polar surface area (TPSA) is 38.0 Å². The fraction of sp³-hybridized carbons (Fsp3) is 0.0732. The van der Waals surface area contributed by atoms with Crippen LogP contribution in [0.5, 0.6) is 0 Å². The molecule has 210 valence electrons. The first-order chi connectivity index (χ1) is 22.0. The van der Waals surface area contributed by atoms with Gasteiger partial charge in [-0.15, -0.1) is 0 Å². The molecule has 45 heavy (non-hydrogen) atoms. The third kappa shape index (κ3) is 3.40. The van der Waals surface area contributed by atoms with E-state index in [0.29, 0.717) is 11.3 Å². The molecule has 0 amide bonds. The van der Waals surface area contributed by atoms with Gasteiger partial charge in [-0.2, -0.15) is 5.26 Å². The number of nitriles is 1. The molecule has 4 heteroatoms. The highest BCUT2D eigenvalue weighted by Crippen LogP contribution is 2.51. The Morgan fingerprint density at radius 2 is 1.18 bits per heavy atom. The minimum atomic E-state index is -0.0948. The Hall–Kier alpha value is -6.10. The van der Waals surface area contributed by atoms with Gasteiger partial charge in [0.05, 0.1) is 40.3 Å². The highest BCUT2D eigenvalue weighted by Gasteiger charge is 2.36. The van der Waals surface area contributed by atoms with Crippen molar-refractivity contribution >= 4 is 49.3 Å². The van der Waals surface area contributed by atoms with Crippen LogP contribution < -0.4 is 0 Å². The summed E-state index contributed by atoms with van der Waals surface area (Å²) < 4.78 is 4.53. The lowest BCUT2D eigenvalue weighted by Gasteiger charge is -2.21. The maximum atomic E-state index is 9.62. The van der Waals surface area contributed by atoms with E-state index < -0.39 is 0 Å². The summed E-state index contributed by atoms with van der Waals surface area (Å²) in [6.45, 7) is 12.7. The third-order valence-corrected chi connectivity index (χ3v) is 9.71. The van der Waals surface area contributed by atoms with E-state index in [1.54, 1.807) is 0 Å². The van der Waals surface area contributed by atoms with E-state index in [0.717, 1.165) is 44.2 Å². The zero-order chi connectivity index (χ0) is 30.4. The molecule has 0 N–H and O–H groups in total. The van der Waals surface area contributed by atoms with Crippen LogP contribution in [0, 0.1) is 17.9 Å². The van der Waals surface area contributed by atoms with Crippen LogP contribution in [0.1, 0.15) is 30.5 Å². The summed E-state index contributed by atoms with van der Waals surface area (Å²) in [7, 11) is 0. The molecule has 9 rings (SSSR count). The molecule has 0 fully saturated rings. The van der Waals surface area contributed by atoms with Crippen LogP contribution in [0.3, 0.4) is 0 Å². The first-order valence-electron chi connectivity index (χ1n) is 15.1. The molecular formula is C41H26N4. The van der Waals surface area contributed by atoms with Gasteiger partial charge in [0.15, 0.2) is 5.69 Å². The van der Waals surface area contributed by atoms with E-state index in [2.05, 4.69) is 113 Å². The quantitative estimate of drug-likeness (QED) is 0.189. The Labute approximate surface area is 260 Å². The van der Waals surface area contributed by atoms with Gasteiger partial charge in [-0.05, 0) is 82.9 Å². The lowest BCUT2D eigenvalue weighted by atomic mass is 9.82. The van der Waals surface area contributed by atoms with Crippen LogP contribution in [-0.2, 0) is 5.41 Å². The number of hydrogen-bond donors (Lipinski definition) is 0. The summed E-state index contributed by atoms with van der Waals surface area (Å²) in [5, 5.41) is 14.1. The second-order valence-corrected chi connectivity index (χ2v) is 12.5. The number of fused-ring (bicyclic) bond motifs is 9. The van der Waals surface area contributed by atoms with Gasteiger partial charge in [0.25, 0.3) is 0 Å². The molecule has 0 unspecified atom stereocenters. The van der Waals surface area contributed by atoms with Gasteiger partial charge in [0.1, 0.15) is 0 Å². The molecule has 4 nitrogen and oxygen atoms in total. The smallest absolute Gasteiger partial charge is 0.191 e. The van der Waals surface area contributed by atoms with Crippen LogP contribution in [0.15, 0.2) is 121 Å². The normalized spacial score (nSPS) is 13.2. The van der Waals surface area contributed by atoms with E-state index in [9.17, 15) is 5.26 Å². The molecule has 0 aliphatic heterocycles. The van der Waals surface area contributed by atoms with Crippen LogP contribution in [0.4, 0.5) is 5.69 Å². The monoisotopic (exact) mass is 574 g/mol. The van der Waals surface area contributed by atoms with Crippen LogP contribution in [0.25, 0.3) is 71.0 Å². The average molecular weight is 575 g/mol. The molecular weight excluding hydrogens is 548 g/mol. The highest BCUT2D eigenvalue weighted by molar-refractivity contribution is 6.12. The Kier molecular flexibility index (Phi) is 5.06. The molecule has 1 aliphatic carbocycles. The fourth-order valence-electron chi connectivity index (χ4n) is 7.66. The van der Waals surface area contributed by atoms with E-state index in [1.807, 2.05) is 42.5 Å². The SMILES string of the molecule is [C-]#[N+]c1cc(-n2c3ccccc3c3cc(C#N)ccc32)cc(-n2c3ccccc3c3cc4c(cc32)-c2ccccc2C4(C)C)c1. The minimum absolute atomic E-state index is 0.0948. The number of para-hydroxylation sites is 2. The molecule has 0 saturated heterocycles. The average Bonchev–Trinajstić information content (AvgIpc) is 3.66. The molecule has 0 bridgehead atoms. The van der Waals surface area contributed by atoms with Crippen molar-refractivity contribution in [3.05, 3.63) is 149 Å². The fourth-order valence-corrected chi connectivity index (χ4v) is 7.66. The molecule has 1 aliphatic rings. The van der Waals surface area contributed by atoms with Crippen LogP contribution >= 0.6 is 0 Å². The first kappa shape index (κ1) is 25.4. The Bertz CT molecular complexity index is 2650. The van der Waals surface area contributed by atoms with Gasteiger partial charge in [0, 0.05) is 38.3 Å². The summed E-state index contributed by atoms with van der Waals surface area (Å²) >= 11 is 0. The second kappa shape index (κ2) is 8.96. The molecule has 0 spiro atoms. The van der Waals surface area contributed by atoms with Crippen LogP contribution in [0.2, 0.25) is 0 Å². The molecule has 6 aromatic carbocycles. The van der Waals surface area contributed by atoms with Crippen molar-refractivity contribution in [3.8, 4) is 28.6 Å². The Morgan fingerprint density at radius 1 is 0.578 bits per heavy atom. The summed E-state index contributed by atoms with van der Waals surface area (Å²) in [5.41, 5.74) is 12.5. The first-order valence-corrected chi connectivity index (χ1v) is 15.1. The van der Waals surface area contributed by atoms with Crippen molar-refractivity contribution in [2.24, 2.45) is 0 Å². The van der Waals surface area contributed by atoms with E-state index in [1.165, 1.54) is 33.0 Å². The molecule has 0 atom stereocenters. The largest absolute Gasteiger partial charge is 0.310 e. The standard InChI is InChI=1S/C41H26N4/c1-41(2)35-13-7-4-10-29(35)32-23-40-34(22-36(32)41)31-12-6-9-15-38(31)45(40)28-20-26(43-3)19-27(21-28)44-37-14-8-5-11-30(37)33-18-25(24-42)16-17-39(33)44/h4-23H,1-2H3. The number of aromatic nitrogens is 2. The number of rotatable bonds is 2. The predicted molar refractivity (Wildman–Crippen MR) is 184 cm³/mol.